The minimum absolute atomic E-state index is 0.677. The van der Waals surface area contributed by atoms with Gasteiger partial charge >= 0.3 is 0 Å². The summed E-state index contributed by atoms with van der Waals surface area (Å²) in [6, 6.07) is 10.6. The van der Waals surface area contributed by atoms with Crippen molar-refractivity contribution in [1.29, 1.82) is 0 Å². The molecule has 108 valence electrons. The molecule has 1 unspecified atom stereocenters. The third-order valence-electron chi connectivity index (χ3n) is 3.79. The van der Waals surface area contributed by atoms with E-state index in [0.29, 0.717) is 5.92 Å². The number of anilines is 1. The Morgan fingerprint density at radius 2 is 2.05 bits per heavy atom. The van der Waals surface area contributed by atoms with E-state index in [-0.39, 0.29) is 0 Å². The van der Waals surface area contributed by atoms with E-state index in [1.807, 2.05) is 13.1 Å². The molecule has 3 heteroatoms. The molecular weight excluding hydrogens is 246 g/mol. The topological polar surface area (TPSA) is 28.2 Å². The van der Waals surface area contributed by atoms with E-state index in [1.54, 1.807) is 0 Å². The van der Waals surface area contributed by atoms with E-state index < -0.39 is 0 Å². The zero-order valence-electron chi connectivity index (χ0n) is 13.0. The van der Waals surface area contributed by atoms with Crippen molar-refractivity contribution in [3.05, 3.63) is 35.9 Å². The summed E-state index contributed by atoms with van der Waals surface area (Å²) in [6.45, 7) is 6.41. The first-order chi connectivity index (χ1) is 9.65. The van der Waals surface area contributed by atoms with Crippen LogP contribution in [0.2, 0.25) is 0 Å². The van der Waals surface area contributed by atoms with Gasteiger partial charge in [-0.15, -0.1) is 0 Å². The Kier molecular flexibility index (Phi) is 4.96. The first kappa shape index (κ1) is 14.8. The molecule has 1 atom stereocenters. The summed E-state index contributed by atoms with van der Waals surface area (Å²) in [4.78, 5) is 7.15. The quantitative estimate of drug-likeness (QED) is 0.872. The lowest BCUT2D eigenvalue weighted by Crippen LogP contribution is -2.26. The molecular formula is C17H25N3. The molecule has 1 heterocycles. The lowest BCUT2D eigenvalue weighted by molar-refractivity contribution is 0.557. The summed E-state index contributed by atoms with van der Waals surface area (Å²) in [7, 11) is 4.12. The van der Waals surface area contributed by atoms with Gasteiger partial charge in [0.2, 0.25) is 0 Å². The third kappa shape index (κ3) is 3.28. The Balaban J connectivity index is 2.40. The fourth-order valence-electron chi connectivity index (χ4n) is 2.48. The van der Waals surface area contributed by atoms with Crippen LogP contribution >= 0.6 is 0 Å². The van der Waals surface area contributed by atoms with E-state index in [1.165, 1.54) is 17.4 Å². The zero-order valence-corrected chi connectivity index (χ0v) is 13.0. The number of rotatable bonds is 6. The number of pyridine rings is 1. The molecule has 3 nitrogen and oxygen atoms in total. The van der Waals surface area contributed by atoms with E-state index >= 15 is 0 Å². The normalized spacial score (nSPS) is 12.6. The highest BCUT2D eigenvalue weighted by Crippen LogP contribution is 2.23. The van der Waals surface area contributed by atoms with Gasteiger partial charge in [-0.25, -0.2) is 4.98 Å². The molecule has 0 aliphatic rings. The summed E-state index contributed by atoms with van der Waals surface area (Å²) >= 11 is 0. The highest BCUT2D eigenvalue weighted by atomic mass is 15.2. The fraction of sp³-hybridized carbons (Fsp3) is 0.471. The van der Waals surface area contributed by atoms with Gasteiger partial charge in [-0.05, 0) is 25.1 Å². The molecule has 0 saturated carbocycles. The van der Waals surface area contributed by atoms with Crippen LogP contribution in [0.1, 0.15) is 25.8 Å². The Labute approximate surface area is 122 Å². The van der Waals surface area contributed by atoms with Crippen LogP contribution in [-0.4, -0.2) is 25.6 Å². The van der Waals surface area contributed by atoms with Gasteiger partial charge in [0.05, 0.1) is 5.52 Å². The Hall–Kier alpha value is -1.61. The average molecular weight is 271 g/mol. The van der Waals surface area contributed by atoms with E-state index in [4.69, 9.17) is 4.98 Å². The maximum atomic E-state index is 4.87. The lowest BCUT2D eigenvalue weighted by atomic mass is 10.1. The first-order valence-electron chi connectivity index (χ1n) is 7.40. The summed E-state index contributed by atoms with van der Waals surface area (Å²) < 4.78 is 0. The van der Waals surface area contributed by atoms with Gasteiger partial charge in [0.25, 0.3) is 0 Å². The van der Waals surface area contributed by atoms with Gasteiger partial charge in [0.1, 0.15) is 5.82 Å². The van der Waals surface area contributed by atoms with Crippen molar-refractivity contribution in [2.75, 3.05) is 25.5 Å². The van der Waals surface area contributed by atoms with Crippen LogP contribution in [-0.2, 0) is 6.54 Å². The minimum atomic E-state index is 0.677. The number of para-hydroxylation sites is 1. The number of hydrogen-bond acceptors (Lipinski definition) is 3. The molecule has 0 amide bonds. The molecule has 0 saturated heterocycles. The largest absolute Gasteiger partial charge is 0.359 e. The highest BCUT2D eigenvalue weighted by Gasteiger charge is 2.12. The molecule has 1 aromatic carbocycles. The number of nitrogens with one attached hydrogen (secondary N) is 1. The second-order valence-electron chi connectivity index (χ2n) is 5.59. The standard InChI is InChI=1S/C17H25N3/c1-5-13(2)12-20(4)17-15(11-18-3)10-14-8-6-7-9-16(14)19-17/h6-10,13,18H,5,11-12H2,1-4H3. The predicted molar refractivity (Wildman–Crippen MR) is 87.2 cm³/mol. The number of hydrogen-bond donors (Lipinski definition) is 1. The predicted octanol–water partition coefficient (Wildman–Crippen LogP) is 3.44. The first-order valence-corrected chi connectivity index (χ1v) is 7.40. The Bertz CT molecular complexity index is 565. The van der Waals surface area contributed by atoms with Crippen molar-refractivity contribution >= 4 is 16.7 Å². The van der Waals surface area contributed by atoms with Gasteiger partial charge < -0.3 is 10.2 Å². The van der Waals surface area contributed by atoms with Gasteiger partial charge in [0.15, 0.2) is 0 Å². The van der Waals surface area contributed by atoms with Gasteiger partial charge in [-0.1, -0.05) is 38.5 Å². The Morgan fingerprint density at radius 1 is 1.30 bits per heavy atom. The summed E-state index contributed by atoms with van der Waals surface area (Å²) in [5, 5.41) is 4.45. The van der Waals surface area contributed by atoms with Crippen LogP contribution in [0, 0.1) is 5.92 Å². The van der Waals surface area contributed by atoms with Crippen LogP contribution in [0.15, 0.2) is 30.3 Å². The number of aromatic nitrogens is 1. The SMILES string of the molecule is CCC(C)CN(C)c1nc2ccccc2cc1CNC. The minimum Gasteiger partial charge on any atom is -0.359 e. The number of benzene rings is 1. The van der Waals surface area contributed by atoms with E-state index in [0.717, 1.165) is 24.4 Å². The maximum absolute atomic E-state index is 4.87. The van der Waals surface area contributed by atoms with Gasteiger partial charge in [-0.3, -0.25) is 0 Å². The zero-order chi connectivity index (χ0) is 14.5. The molecule has 1 N–H and O–H groups in total. The van der Waals surface area contributed by atoms with Gasteiger partial charge in [0, 0.05) is 31.1 Å². The monoisotopic (exact) mass is 271 g/mol. The smallest absolute Gasteiger partial charge is 0.133 e. The molecule has 0 aliphatic heterocycles. The molecule has 2 aromatic rings. The molecule has 20 heavy (non-hydrogen) atoms. The van der Waals surface area contributed by atoms with Crippen molar-refractivity contribution in [3.8, 4) is 0 Å². The molecule has 2 rings (SSSR count). The second-order valence-corrected chi connectivity index (χ2v) is 5.59. The molecule has 0 radical (unpaired) electrons. The summed E-state index contributed by atoms with van der Waals surface area (Å²) in [5.41, 5.74) is 2.33. The lowest BCUT2D eigenvalue weighted by Gasteiger charge is -2.24. The van der Waals surface area contributed by atoms with Crippen LogP contribution in [0.4, 0.5) is 5.82 Å². The van der Waals surface area contributed by atoms with Crippen LogP contribution in [0.3, 0.4) is 0 Å². The molecule has 0 bridgehead atoms. The summed E-state index contributed by atoms with van der Waals surface area (Å²) in [6.07, 6.45) is 1.19. The van der Waals surface area contributed by atoms with Crippen molar-refractivity contribution in [1.82, 2.24) is 10.3 Å². The number of fused-ring (bicyclic) bond motifs is 1. The highest BCUT2D eigenvalue weighted by molar-refractivity contribution is 5.81. The van der Waals surface area contributed by atoms with Crippen molar-refractivity contribution in [2.24, 2.45) is 5.92 Å². The van der Waals surface area contributed by atoms with Crippen LogP contribution < -0.4 is 10.2 Å². The second kappa shape index (κ2) is 6.71. The third-order valence-corrected chi connectivity index (χ3v) is 3.79. The molecule has 0 fully saturated rings. The van der Waals surface area contributed by atoms with E-state index in [2.05, 4.69) is 55.4 Å². The van der Waals surface area contributed by atoms with Crippen LogP contribution in [0.25, 0.3) is 10.9 Å². The molecule has 1 aromatic heterocycles. The maximum Gasteiger partial charge on any atom is 0.133 e. The van der Waals surface area contributed by atoms with Crippen molar-refractivity contribution < 1.29 is 0 Å². The van der Waals surface area contributed by atoms with Gasteiger partial charge in [-0.2, -0.15) is 0 Å². The van der Waals surface area contributed by atoms with Crippen molar-refractivity contribution in [3.63, 3.8) is 0 Å². The van der Waals surface area contributed by atoms with Crippen molar-refractivity contribution in [2.45, 2.75) is 26.8 Å². The van der Waals surface area contributed by atoms with Crippen LogP contribution in [0.5, 0.6) is 0 Å². The Morgan fingerprint density at radius 3 is 2.75 bits per heavy atom. The number of nitrogens with zero attached hydrogens (tertiary/aromatic N) is 2. The molecule has 0 aliphatic carbocycles. The average Bonchev–Trinajstić information content (AvgIpc) is 2.46. The fourth-order valence-corrected chi connectivity index (χ4v) is 2.48. The molecule has 0 spiro atoms. The van der Waals surface area contributed by atoms with E-state index in [9.17, 15) is 0 Å². The summed E-state index contributed by atoms with van der Waals surface area (Å²) in [5.74, 6) is 1.77.